The average Bonchev–Trinajstić information content (AvgIpc) is 2.09. The van der Waals surface area contributed by atoms with Crippen LogP contribution in [0.3, 0.4) is 0 Å². The molecule has 1 aromatic rings. The highest BCUT2D eigenvalue weighted by molar-refractivity contribution is 6.31. The summed E-state index contributed by atoms with van der Waals surface area (Å²) in [5.41, 5.74) is 0.100. The van der Waals surface area contributed by atoms with Crippen LogP contribution in [0.5, 0.6) is 0 Å². The second-order valence-electron chi connectivity index (χ2n) is 2.57. The van der Waals surface area contributed by atoms with Gasteiger partial charge in [0.1, 0.15) is 5.82 Å². The maximum absolute atomic E-state index is 12.6. The molecule has 1 aromatic carbocycles. The largest absolute Gasteiger partial charge is 0.480 e. The molecule has 0 spiro atoms. The first-order valence-electron chi connectivity index (χ1n) is 3.63. The molecule has 72 valence electrons. The number of benzene rings is 1. The van der Waals surface area contributed by atoms with Gasteiger partial charge < -0.3 is 5.11 Å². The van der Waals surface area contributed by atoms with Crippen LogP contribution in [0.25, 0.3) is 0 Å². The summed E-state index contributed by atoms with van der Waals surface area (Å²) in [6.45, 7) is 0. The molecule has 3 nitrogen and oxygen atoms in total. The number of carbonyl (C=O) groups is 1. The molecular weight excluding hydrogens is 209 g/mol. The minimum absolute atomic E-state index is 0.0565. The molecule has 1 N–H and O–H groups in total. The zero-order chi connectivity index (χ0) is 10.7. The molecular formula is C9H5ClFNO2. The summed E-state index contributed by atoms with van der Waals surface area (Å²) in [5.74, 6) is -3.23. The molecule has 0 aliphatic heterocycles. The van der Waals surface area contributed by atoms with Crippen LogP contribution in [0.15, 0.2) is 18.2 Å². The fourth-order valence-corrected chi connectivity index (χ4v) is 1.27. The van der Waals surface area contributed by atoms with Gasteiger partial charge in [0.05, 0.1) is 6.07 Å². The highest BCUT2D eigenvalue weighted by atomic mass is 35.5. The van der Waals surface area contributed by atoms with Crippen molar-refractivity contribution in [1.29, 1.82) is 5.26 Å². The summed E-state index contributed by atoms with van der Waals surface area (Å²) >= 11 is 5.59. The maximum atomic E-state index is 12.6. The third-order valence-corrected chi connectivity index (χ3v) is 1.98. The van der Waals surface area contributed by atoms with Gasteiger partial charge in [0.15, 0.2) is 5.92 Å². The van der Waals surface area contributed by atoms with Gasteiger partial charge >= 0.3 is 5.97 Å². The van der Waals surface area contributed by atoms with Crippen molar-refractivity contribution in [2.75, 3.05) is 0 Å². The molecule has 1 atom stereocenters. The lowest BCUT2D eigenvalue weighted by atomic mass is 10.0. The van der Waals surface area contributed by atoms with Crippen LogP contribution < -0.4 is 0 Å². The Bertz CT molecular complexity index is 414. The predicted octanol–water partition coefficient (Wildman–Crippen LogP) is 2.17. The number of nitrogens with zero attached hydrogens (tertiary/aromatic N) is 1. The van der Waals surface area contributed by atoms with Gasteiger partial charge in [0.2, 0.25) is 0 Å². The molecule has 0 radical (unpaired) electrons. The Kier molecular flexibility index (Phi) is 3.05. The van der Waals surface area contributed by atoms with Gasteiger partial charge in [-0.05, 0) is 17.7 Å². The second kappa shape index (κ2) is 4.07. The van der Waals surface area contributed by atoms with Gasteiger partial charge in [0, 0.05) is 5.02 Å². The molecule has 0 amide bonds. The number of carboxylic acid groups (broad SMARTS) is 1. The first-order chi connectivity index (χ1) is 6.56. The summed E-state index contributed by atoms with van der Waals surface area (Å²) in [6, 6.07) is 4.81. The van der Waals surface area contributed by atoms with Crippen molar-refractivity contribution in [2.45, 2.75) is 5.92 Å². The number of carboxylic acids is 1. The fourth-order valence-electron chi connectivity index (χ4n) is 0.993. The standard InChI is InChI=1S/C9H5ClFNO2/c10-8-3-5(11)1-2-6(8)7(4-12)9(13)14/h1-3,7H,(H,13,14). The van der Waals surface area contributed by atoms with Crippen LogP contribution in [-0.2, 0) is 4.79 Å². The first-order valence-corrected chi connectivity index (χ1v) is 4.01. The summed E-state index contributed by atoms with van der Waals surface area (Å²) in [5, 5.41) is 17.1. The molecule has 0 saturated heterocycles. The Labute approximate surface area is 84.3 Å². The highest BCUT2D eigenvalue weighted by Crippen LogP contribution is 2.25. The van der Waals surface area contributed by atoms with Crippen molar-refractivity contribution in [3.05, 3.63) is 34.6 Å². The average molecular weight is 214 g/mol. The minimum Gasteiger partial charge on any atom is -0.480 e. The van der Waals surface area contributed by atoms with Crippen molar-refractivity contribution in [3.63, 3.8) is 0 Å². The second-order valence-corrected chi connectivity index (χ2v) is 2.97. The van der Waals surface area contributed by atoms with Crippen molar-refractivity contribution < 1.29 is 14.3 Å². The number of aliphatic carboxylic acids is 1. The SMILES string of the molecule is N#CC(C(=O)O)c1ccc(F)cc1Cl. The van der Waals surface area contributed by atoms with E-state index >= 15 is 0 Å². The molecule has 0 bridgehead atoms. The van der Waals surface area contributed by atoms with Gasteiger partial charge in [-0.25, -0.2) is 4.39 Å². The molecule has 0 aliphatic carbocycles. The monoisotopic (exact) mass is 213 g/mol. The van der Waals surface area contributed by atoms with Crippen LogP contribution in [0, 0.1) is 17.1 Å². The summed E-state index contributed by atoms with van der Waals surface area (Å²) in [4.78, 5) is 10.6. The molecule has 0 fully saturated rings. The van der Waals surface area contributed by atoms with Crippen LogP contribution in [0.2, 0.25) is 5.02 Å². The van der Waals surface area contributed by atoms with Gasteiger partial charge in [-0.1, -0.05) is 17.7 Å². The van der Waals surface area contributed by atoms with Crippen LogP contribution >= 0.6 is 11.6 Å². The number of rotatable bonds is 2. The molecule has 0 heterocycles. The molecule has 0 aromatic heterocycles. The lowest BCUT2D eigenvalue weighted by Gasteiger charge is -2.05. The van der Waals surface area contributed by atoms with Crippen molar-refractivity contribution in [1.82, 2.24) is 0 Å². The van der Waals surface area contributed by atoms with Gasteiger partial charge in [0.25, 0.3) is 0 Å². The predicted molar refractivity (Wildman–Crippen MR) is 47.4 cm³/mol. The van der Waals surface area contributed by atoms with Crippen molar-refractivity contribution in [2.24, 2.45) is 0 Å². The summed E-state index contributed by atoms with van der Waals surface area (Å²) in [7, 11) is 0. The number of nitriles is 1. The van der Waals surface area contributed by atoms with E-state index in [-0.39, 0.29) is 10.6 Å². The lowest BCUT2D eigenvalue weighted by Crippen LogP contribution is -2.09. The number of halogens is 2. The third kappa shape index (κ3) is 2.01. The fraction of sp³-hybridized carbons (Fsp3) is 0.111. The lowest BCUT2D eigenvalue weighted by molar-refractivity contribution is -0.137. The molecule has 0 aliphatic rings. The maximum Gasteiger partial charge on any atom is 0.325 e. The van der Waals surface area contributed by atoms with Crippen LogP contribution in [0.1, 0.15) is 11.5 Å². The Morgan fingerprint density at radius 1 is 1.64 bits per heavy atom. The normalized spacial score (nSPS) is 11.8. The summed E-state index contributed by atoms with van der Waals surface area (Å²) < 4.78 is 12.6. The Morgan fingerprint density at radius 3 is 2.71 bits per heavy atom. The molecule has 0 saturated carbocycles. The minimum atomic E-state index is -1.36. The first kappa shape index (κ1) is 10.5. The van der Waals surface area contributed by atoms with E-state index in [9.17, 15) is 9.18 Å². The van der Waals surface area contributed by atoms with E-state index < -0.39 is 17.7 Å². The highest BCUT2D eigenvalue weighted by Gasteiger charge is 2.21. The smallest absolute Gasteiger partial charge is 0.325 e. The van der Waals surface area contributed by atoms with Crippen LogP contribution in [0.4, 0.5) is 4.39 Å². The zero-order valence-corrected chi connectivity index (χ0v) is 7.62. The van der Waals surface area contributed by atoms with E-state index in [0.717, 1.165) is 12.1 Å². The Balaban J connectivity index is 3.19. The third-order valence-electron chi connectivity index (χ3n) is 1.65. The molecule has 14 heavy (non-hydrogen) atoms. The zero-order valence-electron chi connectivity index (χ0n) is 6.87. The van der Waals surface area contributed by atoms with E-state index in [1.54, 1.807) is 6.07 Å². The molecule has 1 unspecified atom stereocenters. The Morgan fingerprint density at radius 2 is 2.29 bits per heavy atom. The van der Waals surface area contributed by atoms with Crippen molar-refractivity contribution >= 4 is 17.6 Å². The quantitative estimate of drug-likeness (QED) is 0.819. The number of hydrogen-bond acceptors (Lipinski definition) is 2. The summed E-state index contributed by atoms with van der Waals surface area (Å²) in [6.07, 6.45) is 0. The van der Waals surface area contributed by atoms with Gasteiger partial charge in [-0.3, -0.25) is 4.79 Å². The van der Waals surface area contributed by atoms with Crippen LogP contribution in [-0.4, -0.2) is 11.1 Å². The molecule has 5 heteroatoms. The number of hydrogen-bond donors (Lipinski definition) is 1. The van der Waals surface area contributed by atoms with Crippen molar-refractivity contribution in [3.8, 4) is 6.07 Å². The van der Waals surface area contributed by atoms with E-state index in [4.69, 9.17) is 22.0 Å². The van der Waals surface area contributed by atoms with Gasteiger partial charge in [-0.15, -0.1) is 0 Å². The van der Waals surface area contributed by atoms with E-state index in [1.165, 1.54) is 6.07 Å². The van der Waals surface area contributed by atoms with Gasteiger partial charge in [-0.2, -0.15) is 5.26 Å². The van der Waals surface area contributed by atoms with E-state index in [2.05, 4.69) is 0 Å². The Hall–Kier alpha value is -1.60. The topological polar surface area (TPSA) is 61.1 Å². The van der Waals surface area contributed by atoms with E-state index in [1.807, 2.05) is 0 Å². The molecule has 1 rings (SSSR count). The van der Waals surface area contributed by atoms with E-state index in [0.29, 0.717) is 0 Å².